The highest BCUT2D eigenvalue weighted by atomic mass is 79.9. The number of nitrogen functional groups attached to an aromatic ring is 1. The monoisotopic (exact) mass is 343 g/mol. The van der Waals surface area contributed by atoms with Crippen molar-refractivity contribution in [3.8, 4) is 0 Å². The Morgan fingerprint density at radius 2 is 2.26 bits per heavy atom. The van der Waals surface area contributed by atoms with E-state index in [1.807, 2.05) is 0 Å². The fraction of sp³-hybridized carbons (Fsp3) is 0.200. The molecule has 2 aromatic rings. The van der Waals surface area contributed by atoms with Gasteiger partial charge in [-0.25, -0.2) is 0 Å². The van der Waals surface area contributed by atoms with E-state index in [9.17, 15) is 10.1 Å². The van der Waals surface area contributed by atoms with Crippen molar-refractivity contribution in [2.24, 2.45) is 7.05 Å². The summed E-state index contributed by atoms with van der Waals surface area (Å²) in [5.41, 5.74) is 6.27. The summed E-state index contributed by atoms with van der Waals surface area (Å²) in [7, 11) is 1.74. The third-order valence-electron chi connectivity index (χ3n) is 2.47. The van der Waals surface area contributed by atoms with Crippen LogP contribution in [0.2, 0.25) is 0 Å². The van der Waals surface area contributed by atoms with Crippen LogP contribution in [-0.4, -0.2) is 19.7 Å². The molecular formula is C10H10BrN5O2S. The van der Waals surface area contributed by atoms with Crippen LogP contribution in [-0.2, 0) is 12.8 Å². The summed E-state index contributed by atoms with van der Waals surface area (Å²) in [5.74, 6) is 0.739. The van der Waals surface area contributed by atoms with Crippen molar-refractivity contribution in [1.29, 1.82) is 0 Å². The highest BCUT2D eigenvalue weighted by Gasteiger charge is 2.15. The third-order valence-corrected chi connectivity index (χ3v) is 4.03. The number of aromatic nitrogens is 3. The molecule has 1 aromatic carbocycles. The average Bonchev–Trinajstić information content (AvgIpc) is 2.68. The number of anilines is 1. The predicted molar refractivity (Wildman–Crippen MR) is 75.8 cm³/mol. The van der Waals surface area contributed by atoms with E-state index in [4.69, 9.17) is 5.73 Å². The van der Waals surface area contributed by atoms with Gasteiger partial charge in [-0.2, -0.15) is 0 Å². The number of halogens is 1. The van der Waals surface area contributed by atoms with Crippen molar-refractivity contribution < 1.29 is 4.92 Å². The number of rotatable bonds is 4. The van der Waals surface area contributed by atoms with E-state index in [1.165, 1.54) is 17.8 Å². The Kier molecular flexibility index (Phi) is 4.05. The number of hydrogen-bond acceptors (Lipinski definition) is 6. The molecule has 0 radical (unpaired) electrons. The first-order valence-electron chi connectivity index (χ1n) is 5.19. The zero-order valence-electron chi connectivity index (χ0n) is 9.91. The first-order valence-corrected chi connectivity index (χ1v) is 6.97. The quantitative estimate of drug-likeness (QED) is 0.519. The Morgan fingerprint density at radius 1 is 1.53 bits per heavy atom. The van der Waals surface area contributed by atoms with E-state index in [0.29, 0.717) is 26.9 Å². The molecule has 7 nitrogen and oxygen atoms in total. The zero-order chi connectivity index (χ0) is 14.0. The number of thioether (sulfide) groups is 1. The number of nitro benzene ring substituents is 1. The maximum atomic E-state index is 11.0. The molecule has 2 N–H and O–H groups in total. The number of hydrogen-bond donors (Lipinski definition) is 1. The summed E-state index contributed by atoms with van der Waals surface area (Å²) >= 11 is 4.57. The van der Waals surface area contributed by atoms with Crippen molar-refractivity contribution in [3.63, 3.8) is 0 Å². The highest BCUT2D eigenvalue weighted by molar-refractivity contribution is 9.10. The molecule has 0 saturated carbocycles. The molecule has 0 atom stereocenters. The molecule has 19 heavy (non-hydrogen) atoms. The Balaban J connectivity index is 2.20. The van der Waals surface area contributed by atoms with E-state index < -0.39 is 4.92 Å². The van der Waals surface area contributed by atoms with Crippen molar-refractivity contribution >= 4 is 39.3 Å². The molecule has 0 aliphatic carbocycles. The van der Waals surface area contributed by atoms with Crippen LogP contribution in [0.1, 0.15) is 5.56 Å². The van der Waals surface area contributed by atoms with Gasteiger partial charge in [0.05, 0.1) is 4.92 Å². The van der Waals surface area contributed by atoms with Gasteiger partial charge < -0.3 is 5.73 Å². The smallest absolute Gasteiger partial charge is 0.274 e. The molecule has 0 spiro atoms. The first kappa shape index (κ1) is 13.8. The minimum absolute atomic E-state index is 0.0806. The number of benzene rings is 1. The largest absolute Gasteiger partial charge is 0.368 e. The SMILES string of the molecule is Cn1c(N)nnc1SCc1ccc(Br)cc1[N+](=O)[O-]. The molecule has 0 fully saturated rings. The molecule has 1 heterocycles. The molecule has 1 aromatic heterocycles. The van der Waals surface area contributed by atoms with Crippen LogP contribution in [0.15, 0.2) is 27.8 Å². The van der Waals surface area contributed by atoms with Gasteiger partial charge in [0.15, 0.2) is 5.16 Å². The van der Waals surface area contributed by atoms with Crippen LogP contribution in [0.25, 0.3) is 0 Å². The zero-order valence-corrected chi connectivity index (χ0v) is 12.3. The van der Waals surface area contributed by atoms with E-state index >= 15 is 0 Å². The average molecular weight is 344 g/mol. The third kappa shape index (κ3) is 3.04. The van der Waals surface area contributed by atoms with Gasteiger partial charge in [0.2, 0.25) is 5.95 Å². The van der Waals surface area contributed by atoms with Crippen LogP contribution in [0.5, 0.6) is 0 Å². The van der Waals surface area contributed by atoms with Gasteiger partial charge in [-0.1, -0.05) is 33.8 Å². The van der Waals surface area contributed by atoms with Gasteiger partial charge in [0, 0.05) is 28.9 Å². The van der Waals surface area contributed by atoms with Gasteiger partial charge in [-0.15, -0.1) is 10.2 Å². The molecule has 9 heteroatoms. The minimum Gasteiger partial charge on any atom is -0.368 e. The Morgan fingerprint density at radius 3 is 2.84 bits per heavy atom. The normalized spacial score (nSPS) is 10.6. The number of nitrogens with two attached hydrogens (primary N) is 1. The predicted octanol–water partition coefficient (Wildman–Crippen LogP) is 2.36. The molecular weight excluding hydrogens is 334 g/mol. The molecule has 2 rings (SSSR count). The molecule has 100 valence electrons. The van der Waals surface area contributed by atoms with Gasteiger partial charge in [-0.05, 0) is 6.07 Å². The molecule has 0 aliphatic rings. The number of nitro groups is 1. The standard InChI is InChI=1S/C10H10BrN5O2S/c1-15-9(12)13-14-10(15)19-5-6-2-3-7(11)4-8(6)16(17)18/h2-4H,5H2,1H3,(H2,12,13). The minimum atomic E-state index is -0.397. The maximum Gasteiger partial charge on any atom is 0.274 e. The summed E-state index contributed by atoms with van der Waals surface area (Å²) in [6, 6.07) is 4.98. The van der Waals surface area contributed by atoms with E-state index in [1.54, 1.807) is 23.7 Å². The van der Waals surface area contributed by atoms with Crippen molar-refractivity contribution in [2.75, 3.05) is 5.73 Å². The van der Waals surface area contributed by atoms with Crippen LogP contribution in [0.4, 0.5) is 11.6 Å². The Labute approximate surface area is 121 Å². The van der Waals surface area contributed by atoms with Crippen LogP contribution >= 0.6 is 27.7 Å². The van der Waals surface area contributed by atoms with Gasteiger partial charge in [-0.3, -0.25) is 14.7 Å². The van der Waals surface area contributed by atoms with Gasteiger partial charge in [0.25, 0.3) is 5.69 Å². The molecule has 0 amide bonds. The van der Waals surface area contributed by atoms with E-state index in [0.717, 1.165) is 0 Å². The summed E-state index contributed by atoms with van der Waals surface area (Å²) < 4.78 is 2.31. The van der Waals surface area contributed by atoms with Crippen LogP contribution in [0.3, 0.4) is 0 Å². The summed E-state index contributed by atoms with van der Waals surface area (Å²) in [6.07, 6.45) is 0. The number of nitrogens with zero attached hydrogens (tertiary/aromatic N) is 4. The van der Waals surface area contributed by atoms with E-state index in [-0.39, 0.29) is 5.69 Å². The van der Waals surface area contributed by atoms with Crippen molar-refractivity contribution in [2.45, 2.75) is 10.9 Å². The Bertz CT molecular complexity index is 630. The van der Waals surface area contributed by atoms with Crippen molar-refractivity contribution in [1.82, 2.24) is 14.8 Å². The Hall–Kier alpha value is -1.61. The second-order valence-electron chi connectivity index (χ2n) is 3.72. The molecule has 0 unspecified atom stereocenters. The second kappa shape index (κ2) is 5.57. The maximum absolute atomic E-state index is 11.0. The van der Waals surface area contributed by atoms with Gasteiger partial charge in [0.1, 0.15) is 0 Å². The van der Waals surface area contributed by atoms with Crippen molar-refractivity contribution in [3.05, 3.63) is 38.3 Å². The molecule has 0 aliphatic heterocycles. The second-order valence-corrected chi connectivity index (χ2v) is 5.58. The van der Waals surface area contributed by atoms with Crippen LogP contribution in [0, 0.1) is 10.1 Å². The fourth-order valence-corrected chi connectivity index (χ4v) is 2.69. The summed E-state index contributed by atoms with van der Waals surface area (Å²) in [5, 5.41) is 19.2. The lowest BCUT2D eigenvalue weighted by Gasteiger charge is -2.03. The van der Waals surface area contributed by atoms with E-state index in [2.05, 4.69) is 26.1 Å². The lowest BCUT2D eigenvalue weighted by Crippen LogP contribution is -1.99. The fourth-order valence-electron chi connectivity index (χ4n) is 1.42. The first-order chi connectivity index (χ1) is 8.99. The molecule has 0 bridgehead atoms. The van der Waals surface area contributed by atoms with Gasteiger partial charge >= 0.3 is 0 Å². The summed E-state index contributed by atoms with van der Waals surface area (Å²) in [6.45, 7) is 0. The lowest BCUT2D eigenvalue weighted by atomic mass is 10.2. The highest BCUT2D eigenvalue weighted by Crippen LogP contribution is 2.29. The molecule has 0 saturated heterocycles. The topological polar surface area (TPSA) is 99.9 Å². The van der Waals surface area contributed by atoms with Crippen LogP contribution < -0.4 is 5.73 Å². The lowest BCUT2D eigenvalue weighted by molar-refractivity contribution is -0.385. The summed E-state index contributed by atoms with van der Waals surface area (Å²) in [4.78, 5) is 10.6.